The number of ether oxygens (including phenoxy) is 2. The minimum Gasteiger partial charge on any atom is -0.497 e. The van der Waals surface area contributed by atoms with Crippen LogP contribution < -0.4 is 4.74 Å². The molecule has 4 aromatic rings. The second kappa shape index (κ2) is 8.44. The van der Waals surface area contributed by atoms with Crippen molar-refractivity contribution in [1.82, 2.24) is 9.97 Å². The molecule has 0 fully saturated rings. The van der Waals surface area contributed by atoms with Crippen molar-refractivity contribution in [3.8, 4) is 28.4 Å². The second-order valence-corrected chi connectivity index (χ2v) is 7.96. The molecule has 2 heterocycles. The van der Waals surface area contributed by atoms with Crippen molar-refractivity contribution in [2.24, 2.45) is 0 Å². The van der Waals surface area contributed by atoms with Crippen LogP contribution in [0.4, 0.5) is 0 Å². The zero-order chi connectivity index (χ0) is 22.1. The van der Waals surface area contributed by atoms with Gasteiger partial charge in [-0.1, -0.05) is 35.9 Å². The number of methoxy groups -OCH3 is 1. The van der Waals surface area contributed by atoms with E-state index in [0.717, 1.165) is 51.7 Å². The number of aryl methyl sites for hydroxylation is 1. The molecule has 5 heteroatoms. The van der Waals surface area contributed by atoms with E-state index >= 15 is 0 Å². The highest BCUT2D eigenvalue weighted by Crippen LogP contribution is 2.36. The smallest absolute Gasteiger partial charge is 0.151 e. The first kappa shape index (κ1) is 20.2. The van der Waals surface area contributed by atoms with Crippen LogP contribution in [0.5, 0.6) is 5.75 Å². The molecule has 1 aromatic heterocycles. The van der Waals surface area contributed by atoms with Gasteiger partial charge < -0.3 is 14.5 Å². The Kier molecular flexibility index (Phi) is 5.33. The number of benzene rings is 3. The first-order valence-corrected chi connectivity index (χ1v) is 10.7. The number of rotatable bonds is 5. The number of aromatic amines is 1. The SMILES string of the molecule is COc1ccc2c(C=O)c(-c3nc(-c4cccc(C)c4)c(C4=CCOCC4)[nH]3)ccc2c1. The molecule has 1 aliphatic heterocycles. The van der Waals surface area contributed by atoms with Gasteiger partial charge in [-0.25, -0.2) is 4.98 Å². The summed E-state index contributed by atoms with van der Waals surface area (Å²) in [6.45, 7) is 3.35. The number of imidazole rings is 1. The monoisotopic (exact) mass is 424 g/mol. The van der Waals surface area contributed by atoms with E-state index in [1.54, 1.807) is 7.11 Å². The van der Waals surface area contributed by atoms with E-state index in [2.05, 4.69) is 36.2 Å². The predicted molar refractivity (Wildman–Crippen MR) is 127 cm³/mol. The summed E-state index contributed by atoms with van der Waals surface area (Å²) in [6.07, 6.45) is 3.83. The third-order valence-electron chi connectivity index (χ3n) is 5.92. The van der Waals surface area contributed by atoms with Crippen LogP contribution in [-0.2, 0) is 4.74 Å². The van der Waals surface area contributed by atoms with E-state index < -0.39 is 0 Å². The van der Waals surface area contributed by atoms with Gasteiger partial charge in [-0.15, -0.1) is 0 Å². The number of fused-ring (bicyclic) bond motifs is 1. The standard InChI is InChI=1S/C27H24N2O3/c1-17-4-3-5-20(14-17)26-25(18-10-12-32-13-11-18)28-27(29-26)23-8-6-19-15-21(31-2)7-9-22(19)24(23)16-30/h3-10,14-16H,11-13H2,1-2H3,(H,28,29). The molecule has 0 saturated carbocycles. The lowest BCUT2D eigenvalue weighted by Gasteiger charge is -2.13. The highest BCUT2D eigenvalue weighted by molar-refractivity contribution is 6.04. The maximum atomic E-state index is 12.2. The minimum atomic E-state index is 0.592. The predicted octanol–water partition coefficient (Wildman–Crippen LogP) is 5.83. The van der Waals surface area contributed by atoms with E-state index in [0.29, 0.717) is 24.6 Å². The van der Waals surface area contributed by atoms with E-state index in [9.17, 15) is 4.79 Å². The Morgan fingerprint density at radius 2 is 2.03 bits per heavy atom. The van der Waals surface area contributed by atoms with Gasteiger partial charge in [0, 0.05) is 16.7 Å². The number of carbonyl (C=O) groups is 1. The molecule has 5 nitrogen and oxygen atoms in total. The molecule has 160 valence electrons. The third-order valence-corrected chi connectivity index (χ3v) is 5.92. The highest BCUT2D eigenvalue weighted by atomic mass is 16.5. The number of aromatic nitrogens is 2. The van der Waals surface area contributed by atoms with Crippen LogP contribution in [0.3, 0.4) is 0 Å². The van der Waals surface area contributed by atoms with E-state index in [1.807, 2.05) is 36.4 Å². The molecule has 0 bridgehead atoms. The molecule has 1 N–H and O–H groups in total. The number of nitrogens with zero attached hydrogens (tertiary/aromatic N) is 1. The average Bonchev–Trinajstić information content (AvgIpc) is 3.29. The van der Waals surface area contributed by atoms with Crippen LogP contribution in [-0.4, -0.2) is 36.6 Å². The van der Waals surface area contributed by atoms with Crippen molar-refractivity contribution in [3.63, 3.8) is 0 Å². The lowest BCUT2D eigenvalue weighted by molar-refractivity contribution is 0.112. The molecule has 5 rings (SSSR count). The summed E-state index contributed by atoms with van der Waals surface area (Å²) in [7, 11) is 1.64. The molecule has 0 atom stereocenters. The maximum absolute atomic E-state index is 12.2. The van der Waals surface area contributed by atoms with Gasteiger partial charge in [-0.3, -0.25) is 4.79 Å². The Morgan fingerprint density at radius 1 is 1.12 bits per heavy atom. The van der Waals surface area contributed by atoms with Gasteiger partial charge in [-0.2, -0.15) is 0 Å². The lowest BCUT2D eigenvalue weighted by atomic mass is 9.99. The van der Waals surface area contributed by atoms with Crippen LogP contribution in [0.1, 0.15) is 28.0 Å². The first-order valence-electron chi connectivity index (χ1n) is 10.7. The van der Waals surface area contributed by atoms with Gasteiger partial charge in [0.15, 0.2) is 6.29 Å². The first-order chi connectivity index (χ1) is 15.7. The minimum absolute atomic E-state index is 0.592. The average molecular weight is 425 g/mol. The normalized spacial score (nSPS) is 13.8. The van der Waals surface area contributed by atoms with Crippen molar-refractivity contribution in [2.45, 2.75) is 13.3 Å². The summed E-state index contributed by atoms with van der Waals surface area (Å²) in [5.41, 5.74) is 6.68. The number of carbonyl (C=O) groups excluding carboxylic acids is 1. The Balaban J connectivity index is 1.71. The van der Waals surface area contributed by atoms with Crippen molar-refractivity contribution in [1.29, 1.82) is 0 Å². The van der Waals surface area contributed by atoms with E-state index in [-0.39, 0.29) is 0 Å². The van der Waals surface area contributed by atoms with Crippen molar-refractivity contribution < 1.29 is 14.3 Å². The number of nitrogens with one attached hydrogen (secondary N) is 1. The fraction of sp³-hybridized carbons (Fsp3) is 0.185. The topological polar surface area (TPSA) is 64.2 Å². The molecule has 3 aromatic carbocycles. The number of aldehydes is 1. The van der Waals surface area contributed by atoms with Crippen molar-refractivity contribution in [2.75, 3.05) is 20.3 Å². The molecule has 0 aliphatic carbocycles. The Bertz CT molecular complexity index is 1350. The zero-order valence-electron chi connectivity index (χ0n) is 18.1. The molecule has 32 heavy (non-hydrogen) atoms. The maximum Gasteiger partial charge on any atom is 0.151 e. The molecule has 0 spiro atoms. The van der Waals surface area contributed by atoms with Gasteiger partial charge in [0.2, 0.25) is 0 Å². The molecule has 0 amide bonds. The van der Waals surface area contributed by atoms with Gasteiger partial charge in [-0.05, 0) is 60.0 Å². The van der Waals surface area contributed by atoms with Crippen LogP contribution in [0.15, 0.2) is 60.7 Å². The molecular formula is C27H24N2O3. The Labute approximate surface area is 186 Å². The summed E-state index contributed by atoms with van der Waals surface area (Å²) in [5.74, 6) is 1.44. The summed E-state index contributed by atoms with van der Waals surface area (Å²) in [5, 5.41) is 1.83. The Hall–Kier alpha value is -3.70. The van der Waals surface area contributed by atoms with Crippen LogP contribution >= 0.6 is 0 Å². The molecular weight excluding hydrogens is 400 g/mol. The van der Waals surface area contributed by atoms with E-state index in [4.69, 9.17) is 14.5 Å². The van der Waals surface area contributed by atoms with Crippen LogP contribution in [0.2, 0.25) is 0 Å². The summed E-state index contributed by atoms with van der Waals surface area (Å²) in [4.78, 5) is 20.7. The van der Waals surface area contributed by atoms with Gasteiger partial charge in [0.25, 0.3) is 0 Å². The van der Waals surface area contributed by atoms with Gasteiger partial charge in [0.05, 0.1) is 31.7 Å². The largest absolute Gasteiger partial charge is 0.497 e. The lowest BCUT2D eigenvalue weighted by Crippen LogP contribution is -2.04. The summed E-state index contributed by atoms with van der Waals surface area (Å²) < 4.78 is 10.8. The highest BCUT2D eigenvalue weighted by Gasteiger charge is 2.20. The molecule has 0 saturated heterocycles. The summed E-state index contributed by atoms with van der Waals surface area (Å²) in [6, 6.07) is 18.0. The quantitative estimate of drug-likeness (QED) is 0.410. The summed E-state index contributed by atoms with van der Waals surface area (Å²) >= 11 is 0. The van der Waals surface area contributed by atoms with Crippen molar-refractivity contribution in [3.05, 3.63) is 77.5 Å². The molecule has 0 unspecified atom stereocenters. The second-order valence-electron chi connectivity index (χ2n) is 7.96. The van der Waals surface area contributed by atoms with Crippen molar-refractivity contribution >= 4 is 22.6 Å². The van der Waals surface area contributed by atoms with Crippen LogP contribution in [0.25, 0.3) is 39.0 Å². The molecule has 0 radical (unpaired) electrons. The fourth-order valence-electron chi connectivity index (χ4n) is 4.28. The molecule has 1 aliphatic rings. The van der Waals surface area contributed by atoms with Gasteiger partial charge >= 0.3 is 0 Å². The van der Waals surface area contributed by atoms with E-state index in [1.165, 1.54) is 11.1 Å². The Morgan fingerprint density at radius 3 is 2.78 bits per heavy atom. The van der Waals surface area contributed by atoms with Gasteiger partial charge in [0.1, 0.15) is 11.6 Å². The number of hydrogen-bond acceptors (Lipinski definition) is 4. The fourth-order valence-corrected chi connectivity index (χ4v) is 4.28. The zero-order valence-corrected chi connectivity index (χ0v) is 18.1. The van der Waals surface area contributed by atoms with Crippen LogP contribution in [0, 0.1) is 6.92 Å². The third kappa shape index (κ3) is 3.61. The number of H-pyrrole nitrogens is 1. The number of hydrogen-bond donors (Lipinski definition) is 1.